The lowest BCUT2D eigenvalue weighted by molar-refractivity contribution is 0.171. The van der Waals surface area contributed by atoms with Crippen molar-refractivity contribution in [3.8, 4) is 17.2 Å². The van der Waals surface area contributed by atoms with E-state index in [0.717, 1.165) is 36.6 Å². The van der Waals surface area contributed by atoms with Crippen LogP contribution in [0.15, 0.2) is 12.1 Å². The number of nitrogens with one attached hydrogen (secondary N) is 1. The first-order chi connectivity index (χ1) is 7.85. The summed E-state index contributed by atoms with van der Waals surface area (Å²) in [5.41, 5.74) is 1.15. The number of hydrogen-bond acceptors (Lipinski definition) is 4. The monoisotopic (exact) mass is 223 g/mol. The van der Waals surface area contributed by atoms with Crippen molar-refractivity contribution >= 4 is 0 Å². The van der Waals surface area contributed by atoms with Crippen LogP contribution in [-0.4, -0.2) is 20.4 Å². The molecule has 0 bridgehead atoms. The minimum absolute atomic E-state index is 0.275. The Balaban J connectivity index is 2.14. The Morgan fingerprint density at radius 3 is 3.00 bits per heavy atom. The Bertz CT molecular complexity index is 366. The summed E-state index contributed by atoms with van der Waals surface area (Å²) in [6.07, 6.45) is 1.13. The van der Waals surface area contributed by atoms with Gasteiger partial charge in [0.15, 0.2) is 11.5 Å². The molecule has 1 aliphatic rings. The minimum atomic E-state index is 0.275. The fraction of sp³-hybridized carbons (Fsp3) is 0.500. The molecular formula is C12H17NO3. The van der Waals surface area contributed by atoms with Gasteiger partial charge < -0.3 is 19.5 Å². The van der Waals surface area contributed by atoms with Gasteiger partial charge in [0.25, 0.3) is 0 Å². The zero-order valence-corrected chi connectivity index (χ0v) is 9.71. The molecule has 0 saturated heterocycles. The van der Waals surface area contributed by atoms with E-state index >= 15 is 0 Å². The van der Waals surface area contributed by atoms with Gasteiger partial charge in [-0.2, -0.15) is 0 Å². The van der Waals surface area contributed by atoms with E-state index in [0.29, 0.717) is 5.75 Å². The molecule has 0 radical (unpaired) electrons. The van der Waals surface area contributed by atoms with E-state index in [9.17, 15) is 0 Å². The van der Waals surface area contributed by atoms with E-state index in [1.807, 2.05) is 12.1 Å². The highest BCUT2D eigenvalue weighted by Gasteiger charge is 2.19. The van der Waals surface area contributed by atoms with Crippen LogP contribution in [0, 0.1) is 0 Å². The van der Waals surface area contributed by atoms with Crippen LogP contribution in [0.25, 0.3) is 0 Å². The third-order valence-corrected chi connectivity index (χ3v) is 2.47. The number of methoxy groups -OCH3 is 1. The summed E-state index contributed by atoms with van der Waals surface area (Å²) in [7, 11) is 1.64. The second-order valence-electron chi connectivity index (χ2n) is 3.71. The van der Waals surface area contributed by atoms with Crippen molar-refractivity contribution in [1.82, 2.24) is 5.32 Å². The standard InChI is InChI=1S/C12H17NO3/c1-3-4-13-7-9-5-10(14-2)12-11(6-9)15-8-16-12/h5-6,13H,3-4,7-8H2,1-2H3. The SMILES string of the molecule is CCCNCc1cc(OC)c2c(c1)OCO2. The molecule has 0 atom stereocenters. The van der Waals surface area contributed by atoms with E-state index in [4.69, 9.17) is 14.2 Å². The van der Waals surface area contributed by atoms with Crippen LogP contribution in [0.3, 0.4) is 0 Å². The lowest BCUT2D eigenvalue weighted by Crippen LogP contribution is -2.13. The smallest absolute Gasteiger partial charge is 0.231 e. The van der Waals surface area contributed by atoms with Crippen molar-refractivity contribution in [3.05, 3.63) is 17.7 Å². The fourth-order valence-electron chi connectivity index (χ4n) is 1.70. The molecule has 0 aliphatic carbocycles. The molecule has 1 aromatic rings. The molecule has 0 aromatic heterocycles. The third-order valence-electron chi connectivity index (χ3n) is 2.47. The van der Waals surface area contributed by atoms with Crippen LogP contribution in [-0.2, 0) is 6.54 Å². The van der Waals surface area contributed by atoms with Crippen LogP contribution < -0.4 is 19.5 Å². The predicted molar refractivity (Wildman–Crippen MR) is 61.1 cm³/mol. The number of benzene rings is 1. The summed E-state index contributed by atoms with van der Waals surface area (Å²) < 4.78 is 16.0. The van der Waals surface area contributed by atoms with Crippen molar-refractivity contribution in [2.24, 2.45) is 0 Å². The average Bonchev–Trinajstić information content (AvgIpc) is 2.76. The lowest BCUT2D eigenvalue weighted by atomic mass is 10.2. The van der Waals surface area contributed by atoms with Crippen molar-refractivity contribution in [2.45, 2.75) is 19.9 Å². The molecule has 88 valence electrons. The number of hydrogen-bond donors (Lipinski definition) is 1. The van der Waals surface area contributed by atoms with Gasteiger partial charge in [0, 0.05) is 6.54 Å². The Labute approximate surface area is 95.5 Å². The van der Waals surface area contributed by atoms with Crippen LogP contribution >= 0.6 is 0 Å². The molecule has 0 spiro atoms. The first-order valence-electron chi connectivity index (χ1n) is 5.52. The molecule has 1 N–H and O–H groups in total. The van der Waals surface area contributed by atoms with Crippen molar-refractivity contribution < 1.29 is 14.2 Å². The highest BCUT2D eigenvalue weighted by molar-refractivity contribution is 5.55. The number of ether oxygens (including phenoxy) is 3. The molecule has 4 nitrogen and oxygen atoms in total. The summed E-state index contributed by atoms with van der Waals surface area (Å²) in [6.45, 7) is 4.25. The Kier molecular flexibility index (Phi) is 3.51. The zero-order valence-electron chi connectivity index (χ0n) is 9.71. The van der Waals surface area contributed by atoms with Gasteiger partial charge >= 0.3 is 0 Å². The maximum atomic E-state index is 5.36. The first-order valence-corrected chi connectivity index (χ1v) is 5.52. The average molecular weight is 223 g/mol. The van der Waals surface area contributed by atoms with Gasteiger partial charge in [-0.1, -0.05) is 6.92 Å². The molecule has 16 heavy (non-hydrogen) atoms. The highest BCUT2D eigenvalue weighted by atomic mass is 16.7. The molecular weight excluding hydrogens is 206 g/mol. The predicted octanol–water partition coefficient (Wildman–Crippen LogP) is 1.92. The third kappa shape index (κ3) is 2.22. The van der Waals surface area contributed by atoms with Gasteiger partial charge in [-0.15, -0.1) is 0 Å². The molecule has 0 fully saturated rings. The normalized spacial score (nSPS) is 12.9. The van der Waals surface area contributed by atoms with Crippen LogP contribution in [0.5, 0.6) is 17.2 Å². The maximum absolute atomic E-state index is 5.36. The Morgan fingerprint density at radius 1 is 1.38 bits per heavy atom. The molecule has 0 amide bonds. The van der Waals surface area contributed by atoms with Gasteiger partial charge in [0.05, 0.1) is 7.11 Å². The summed E-state index contributed by atoms with van der Waals surface area (Å²) in [5.74, 6) is 2.22. The lowest BCUT2D eigenvalue weighted by Gasteiger charge is -2.08. The Hall–Kier alpha value is -1.42. The summed E-state index contributed by atoms with van der Waals surface area (Å²) in [5, 5.41) is 3.34. The van der Waals surface area contributed by atoms with Gasteiger partial charge in [0.1, 0.15) is 0 Å². The number of rotatable bonds is 5. The van der Waals surface area contributed by atoms with E-state index < -0.39 is 0 Å². The Morgan fingerprint density at radius 2 is 2.25 bits per heavy atom. The van der Waals surface area contributed by atoms with E-state index in [1.54, 1.807) is 7.11 Å². The van der Waals surface area contributed by atoms with Crippen LogP contribution in [0.2, 0.25) is 0 Å². The summed E-state index contributed by atoms with van der Waals surface area (Å²) in [4.78, 5) is 0. The van der Waals surface area contributed by atoms with Crippen LogP contribution in [0.4, 0.5) is 0 Å². The summed E-state index contributed by atoms with van der Waals surface area (Å²) in [6, 6.07) is 3.98. The molecule has 1 aliphatic heterocycles. The van der Waals surface area contributed by atoms with Crippen LogP contribution in [0.1, 0.15) is 18.9 Å². The zero-order chi connectivity index (χ0) is 11.4. The van der Waals surface area contributed by atoms with Gasteiger partial charge in [-0.05, 0) is 30.7 Å². The minimum Gasteiger partial charge on any atom is -0.493 e. The topological polar surface area (TPSA) is 39.7 Å². The second kappa shape index (κ2) is 5.07. The van der Waals surface area contributed by atoms with Gasteiger partial charge in [-0.3, -0.25) is 0 Å². The molecule has 0 saturated carbocycles. The van der Waals surface area contributed by atoms with E-state index in [-0.39, 0.29) is 6.79 Å². The fourth-order valence-corrected chi connectivity index (χ4v) is 1.70. The quantitative estimate of drug-likeness (QED) is 0.774. The molecule has 4 heteroatoms. The highest BCUT2D eigenvalue weighted by Crippen LogP contribution is 2.41. The van der Waals surface area contributed by atoms with E-state index in [1.165, 1.54) is 0 Å². The van der Waals surface area contributed by atoms with E-state index in [2.05, 4.69) is 12.2 Å². The molecule has 1 aromatic carbocycles. The first kappa shape index (κ1) is 11.1. The largest absolute Gasteiger partial charge is 0.493 e. The van der Waals surface area contributed by atoms with Crippen molar-refractivity contribution in [1.29, 1.82) is 0 Å². The second-order valence-corrected chi connectivity index (χ2v) is 3.71. The number of fused-ring (bicyclic) bond motifs is 1. The van der Waals surface area contributed by atoms with Gasteiger partial charge in [-0.25, -0.2) is 0 Å². The molecule has 0 unspecified atom stereocenters. The maximum Gasteiger partial charge on any atom is 0.231 e. The van der Waals surface area contributed by atoms with Crippen molar-refractivity contribution in [2.75, 3.05) is 20.4 Å². The molecule has 1 heterocycles. The van der Waals surface area contributed by atoms with Crippen molar-refractivity contribution in [3.63, 3.8) is 0 Å². The molecule has 2 rings (SSSR count). The summed E-state index contributed by atoms with van der Waals surface area (Å²) >= 11 is 0. The van der Waals surface area contributed by atoms with Gasteiger partial charge in [0.2, 0.25) is 12.5 Å².